The number of hydrogen-bond acceptors (Lipinski definition) is 1. The van der Waals surface area contributed by atoms with Crippen LogP contribution >= 0.6 is 6.04 Å². The van der Waals surface area contributed by atoms with Crippen LogP contribution in [0.1, 0.15) is 16.7 Å². The Morgan fingerprint density at radius 1 is 0.633 bits per heavy atom. The largest absolute Gasteiger partial charge is 0.243 e. The molecule has 0 bridgehead atoms. The number of benzene rings is 4. The molecule has 0 nitrogen and oxygen atoms in total. The maximum atomic E-state index is 6.63. The molecule has 146 valence electrons. The van der Waals surface area contributed by atoms with Crippen LogP contribution in [-0.4, -0.2) is 6.71 Å². The first kappa shape index (κ1) is 19.6. The van der Waals surface area contributed by atoms with Gasteiger partial charge in [0.1, 0.15) is 0 Å². The Balaban J connectivity index is 1.89. The molecule has 0 aliphatic carbocycles. The van der Waals surface area contributed by atoms with E-state index in [9.17, 15) is 0 Å². The summed E-state index contributed by atoms with van der Waals surface area (Å²) in [6.45, 7) is 6.91. The molecule has 0 N–H and O–H groups in total. The highest BCUT2D eigenvalue weighted by molar-refractivity contribution is 8.26. The van der Waals surface area contributed by atoms with Crippen molar-refractivity contribution in [3.8, 4) is 0 Å². The van der Waals surface area contributed by atoms with Crippen LogP contribution < -0.4 is 32.3 Å². The van der Waals surface area contributed by atoms with Crippen LogP contribution in [0.2, 0.25) is 0 Å². The molecule has 30 heavy (non-hydrogen) atoms. The van der Waals surface area contributed by atoms with Crippen molar-refractivity contribution in [3.05, 3.63) is 108 Å². The second-order valence-electron chi connectivity index (χ2n) is 8.31. The van der Waals surface area contributed by atoms with Crippen molar-refractivity contribution < 1.29 is 0 Å². The summed E-state index contributed by atoms with van der Waals surface area (Å²) in [5.41, 5.74) is 8.21. The molecule has 1 aliphatic heterocycles. The molecule has 0 saturated carbocycles. The summed E-state index contributed by atoms with van der Waals surface area (Å²) in [5.74, 6) is 0. The molecule has 0 unspecified atom stereocenters. The fourth-order valence-corrected chi connectivity index (χ4v) is 9.70. The second-order valence-corrected chi connectivity index (χ2v) is 12.6. The van der Waals surface area contributed by atoms with Crippen molar-refractivity contribution in [1.82, 2.24) is 0 Å². The van der Waals surface area contributed by atoms with Crippen molar-refractivity contribution in [1.29, 1.82) is 0 Å². The third-order valence-corrected chi connectivity index (χ3v) is 11.3. The van der Waals surface area contributed by atoms with Crippen LogP contribution in [-0.2, 0) is 11.8 Å². The molecule has 5 rings (SSSR count). The lowest BCUT2D eigenvalue weighted by Gasteiger charge is -2.37. The lowest BCUT2D eigenvalue weighted by molar-refractivity contribution is 1.35. The maximum absolute atomic E-state index is 6.63. The van der Waals surface area contributed by atoms with E-state index in [1.165, 1.54) is 49.0 Å². The predicted molar refractivity (Wildman–Crippen MR) is 138 cm³/mol. The second kappa shape index (κ2) is 7.38. The fraction of sp³-hybridized carbons (Fsp3) is 0.111. The number of rotatable bonds is 2. The molecule has 1 aliphatic rings. The van der Waals surface area contributed by atoms with Crippen LogP contribution in [0.3, 0.4) is 0 Å². The lowest BCUT2D eigenvalue weighted by atomic mass is 9.35. The first-order chi connectivity index (χ1) is 14.5. The maximum Gasteiger partial charge on any atom is 0.243 e. The minimum Gasteiger partial charge on any atom is -0.0826 e. The molecule has 0 spiro atoms. The third-order valence-electron chi connectivity index (χ3n) is 6.32. The highest BCUT2D eigenvalue weighted by atomic mass is 32.4. The number of hydrogen-bond donors (Lipinski definition) is 0. The summed E-state index contributed by atoms with van der Waals surface area (Å²) in [7, 11) is 0. The van der Waals surface area contributed by atoms with Crippen LogP contribution in [0.25, 0.3) is 0 Å². The van der Waals surface area contributed by atoms with Crippen molar-refractivity contribution >= 4 is 56.9 Å². The fourth-order valence-electron chi connectivity index (χ4n) is 5.21. The zero-order chi connectivity index (χ0) is 20.9. The van der Waals surface area contributed by atoms with E-state index < -0.39 is 6.04 Å². The Morgan fingerprint density at radius 3 is 1.63 bits per heavy atom. The smallest absolute Gasteiger partial charge is 0.0826 e. The van der Waals surface area contributed by atoms with E-state index in [4.69, 9.17) is 11.8 Å². The van der Waals surface area contributed by atoms with Gasteiger partial charge in [-0.3, -0.25) is 0 Å². The summed E-state index contributed by atoms with van der Waals surface area (Å²) in [4.78, 5) is 0. The molecule has 0 radical (unpaired) electrons. The minimum absolute atomic E-state index is 0.220. The van der Waals surface area contributed by atoms with E-state index in [-0.39, 0.29) is 6.71 Å². The lowest BCUT2D eigenvalue weighted by Crippen LogP contribution is -2.66. The molecule has 1 heterocycles. The Labute approximate surface area is 185 Å². The number of aryl methyl sites for hydroxylation is 3. The average Bonchev–Trinajstić information content (AvgIpc) is 2.76. The van der Waals surface area contributed by atoms with E-state index in [1.807, 2.05) is 0 Å². The molecule has 4 aromatic carbocycles. The van der Waals surface area contributed by atoms with Gasteiger partial charge in [-0.1, -0.05) is 136 Å². The SMILES string of the molecule is Cc1cc(C)c(B2c3ccccc3P(=S)(c3ccccc3)c3ccccc32)c(C)c1. The van der Waals surface area contributed by atoms with Gasteiger partial charge in [0.15, 0.2) is 0 Å². The van der Waals surface area contributed by atoms with Gasteiger partial charge in [0, 0.05) is 6.04 Å². The zero-order valence-corrected chi connectivity index (χ0v) is 19.3. The monoisotopic (exact) mass is 422 g/mol. The summed E-state index contributed by atoms with van der Waals surface area (Å²) >= 11 is 6.63. The van der Waals surface area contributed by atoms with Crippen LogP contribution in [0.4, 0.5) is 0 Å². The Hall–Kier alpha value is -2.41. The molecule has 0 amide bonds. The van der Waals surface area contributed by atoms with Gasteiger partial charge in [0.25, 0.3) is 0 Å². The summed E-state index contributed by atoms with van der Waals surface area (Å²) in [5, 5.41) is 3.96. The molecular weight excluding hydrogens is 398 g/mol. The van der Waals surface area contributed by atoms with Gasteiger partial charge in [-0.2, -0.15) is 0 Å². The molecule has 0 aromatic heterocycles. The van der Waals surface area contributed by atoms with E-state index in [0.29, 0.717) is 0 Å². The van der Waals surface area contributed by atoms with Crippen molar-refractivity contribution in [2.45, 2.75) is 20.8 Å². The van der Waals surface area contributed by atoms with Crippen molar-refractivity contribution in [3.63, 3.8) is 0 Å². The van der Waals surface area contributed by atoms with Crippen LogP contribution in [0, 0.1) is 20.8 Å². The Bertz CT molecular complexity index is 1240. The molecule has 3 heteroatoms. The topological polar surface area (TPSA) is 0 Å². The Morgan fingerprint density at radius 2 is 1.10 bits per heavy atom. The number of fused-ring (bicyclic) bond motifs is 2. The highest BCUT2D eigenvalue weighted by Crippen LogP contribution is 2.43. The van der Waals surface area contributed by atoms with Gasteiger partial charge < -0.3 is 0 Å². The third kappa shape index (κ3) is 2.86. The van der Waals surface area contributed by atoms with E-state index in [0.717, 1.165) is 0 Å². The quantitative estimate of drug-likeness (QED) is 0.311. The summed E-state index contributed by atoms with van der Waals surface area (Å²) in [6.07, 6.45) is 0. The average molecular weight is 422 g/mol. The van der Waals surface area contributed by atoms with Crippen LogP contribution in [0.5, 0.6) is 0 Å². The van der Waals surface area contributed by atoms with Crippen molar-refractivity contribution in [2.75, 3.05) is 0 Å². The minimum atomic E-state index is -2.11. The van der Waals surface area contributed by atoms with Gasteiger partial charge >= 0.3 is 0 Å². The van der Waals surface area contributed by atoms with Crippen molar-refractivity contribution in [2.24, 2.45) is 0 Å². The molecule has 4 aromatic rings. The Kier molecular flexibility index (Phi) is 4.81. The highest BCUT2D eigenvalue weighted by Gasteiger charge is 2.40. The first-order valence-electron chi connectivity index (χ1n) is 10.4. The molecular formula is C27H24BPS. The van der Waals surface area contributed by atoms with E-state index in [2.05, 4.69) is 112 Å². The standard InChI is InChI=1S/C27H24BPS/c1-19-17-20(2)27(21(3)18-19)28-23-13-7-9-15-25(23)29(30,22-11-5-4-6-12-22)26-16-10-8-14-24(26)28/h4-18H,1-3H3. The first-order valence-corrected chi connectivity index (χ1v) is 13.2. The summed E-state index contributed by atoms with van der Waals surface area (Å²) in [6, 6.07) is 31.1. The van der Waals surface area contributed by atoms with Gasteiger partial charge in [0.2, 0.25) is 6.71 Å². The molecule has 0 saturated heterocycles. The molecule has 0 atom stereocenters. The van der Waals surface area contributed by atoms with E-state index >= 15 is 0 Å². The summed E-state index contributed by atoms with van der Waals surface area (Å²) < 4.78 is 0. The zero-order valence-electron chi connectivity index (χ0n) is 17.6. The molecule has 0 fully saturated rings. The van der Waals surface area contributed by atoms with Gasteiger partial charge in [-0.15, -0.1) is 0 Å². The van der Waals surface area contributed by atoms with Crippen LogP contribution in [0.15, 0.2) is 91.0 Å². The van der Waals surface area contributed by atoms with Gasteiger partial charge in [-0.25, -0.2) is 0 Å². The van der Waals surface area contributed by atoms with E-state index in [1.54, 1.807) is 0 Å². The van der Waals surface area contributed by atoms with Gasteiger partial charge in [-0.05, 0) is 36.7 Å². The normalized spacial score (nSPS) is 14.2. The predicted octanol–water partition coefficient (Wildman–Crippen LogP) is 3.20. The van der Waals surface area contributed by atoms with Gasteiger partial charge in [0.05, 0.1) is 0 Å².